The number of aliphatic hydroxyl groups excluding tert-OH is 2. The van der Waals surface area contributed by atoms with Crippen molar-refractivity contribution < 1.29 is 29.0 Å². The highest BCUT2D eigenvalue weighted by Gasteiger charge is 2.03. The van der Waals surface area contributed by atoms with Crippen molar-refractivity contribution in [3.63, 3.8) is 0 Å². The molecule has 0 unspecified atom stereocenters. The van der Waals surface area contributed by atoms with Crippen molar-refractivity contribution in [2.45, 2.75) is 6.10 Å². The van der Waals surface area contributed by atoms with Gasteiger partial charge in [0.05, 0.1) is 19.3 Å². The molecule has 10 heavy (non-hydrogen) atoms. The summed E-state index contributed by atoms with van der Waals surface area (Å²) in [5.41, 5.74) is 0. The molecular weight excluding hydrogens is 160 g/mol. The van der Waals surface area contributed by atoms with Gasteiger partial charge < -0.3 is 29.0 Å². The van der Waals surface area contributed by atoms with Gasteiger partial charge in [0.15, 0.2) is 0 Å². The molecule has 6 nitrogen and oxygen atoms in total. The molecular formula is C3H7O6Si-3. The zero-order valence-electron chi connectivity index (χ0n) is 5.02. The van der Waals surface area contributed by atoms with Crippen LogP contribution in [0.15, 0.2) is 0 Å². The Bertz CT molecular complexity index is 85.5. The van der Waals surface area contributed by atoms with Crippen LogP contribution in [0, 0.1) is 0 Å². The van der Waals surface area contributed by atoms with E-state index in [1.807, 2.05) is 0 Å². The predicted octanol–water partition coefficient (Wildman–Crippen LogP) is -5.13. The summed E-state index contributed by atoms with van der Waals surface area (Å²) < 4.78 is 3.71. The van der Waals surface area contributed by atoms with E-state index in [1.165, 1.54) is 0 Å². The van der Waals surface area contributed by atoms with Crippen LogP contribution in [0.3, 0.4) is 0 Å². The third kappa shape index (κ3) is 4.82. The molecule has 0 heterocycles. The van der Waals surface area contributed by atoms with Crippen molar-refractivity contribution in [1.82, 2.24) is 0 Å². The standard InChI is InChI=1S/C3H7O6Si/c4-1-3(2-5)9-10(6,7)8/h3-5H,1-2H2/q-3. The normalized spacial score (nSPS) is 12.6. The molecule has 0 aromatic heterocycles. The Hall–Kier alpha value is -0.0231. The quantitative estimate of drug-likeness (QED) is 0.404. The van der Waals surface area contributed by atoms with E-state index in [0.29, 0.717) is 0 Å². The second kappa shape index (κ2) is 3.98. The van der Waals surface area contributed by atoms with Crippen molar-refractivity contribution in [2.75, 3.05) is 13.2 Å². The minimum atomic E-state index is -5.33. The Morgan fingerprint density at radius 3 is 1.70 bits per heavy atom. The Balaban J connectivity index is 3.63. The van der Waals surface area contributed by atoms with Gasteiger partial charge in [0.25, 0.3) is 0 Å². The van der Waals surface area contributed by atoms with Crippen molar-refractivity contribution in [2.24, 2.45) is 0 Å². The molecule has 2 N–H and O–H groups in total. The second-order valence-electron chi connectivity index (χ2n) is 1.61. The van der Waals surface area contributed by atoms with E-state index in [-0.39, 0.29) is 0 Å². The Kier molecular flexibility index (Phi) is 3.97. The first kappa shape index (κ1) is 9.98. The number of rotatable bonds is 4. The predicted molar refractivity (Wildman–Crippen MR) is 24.8 cm³/mol. The van der Waals surface area contributed by atoms with Gasteiger partial charge in [-0.3, -0.25) is 0 Å². The fraction of sp³-hybridized carbons (Fsp3) is 1.00. The Morgan fingerprint density at radius 1 is 1.20 bits per heavy atom. The lowest BCUT2D eigenvalue weighted by Gasteiger charge is -2.55. The minimum absolute atomic E-state index is 0.696. The molecule has 62 valence electrons. The van der Waals surface area contributed by atoms with Gasteiger partial charge in [-0.2, -0.15) is 0 Å². The molecule has 0 rings (SSSR count). The van der Waals surface area contributed by atoms with Gasteiger partial charge in [0.2, 0.25) is 0 Å². The van der Waals surface area contributed by atoms with Crippen LogP contribution in [-0.4, -0.2) is 38.6 Å². The lowest BCUT2D eigenvalue weighted by Crippen LogP contribution is -2.76. The number of hydrogen-bond acceptors (Lipinski definition) is 6. The van der Waals surface area contributed by atoms with E-state index in [2.05, 4.69) is 4.43 Å². The summed E-state index contributed by atoms with van der Waals surface area (Å²) in [6.07, 6.45) is -1.32. The molecule has 0 saturated carbocycles. The van der Waals surface area contributed by atoms with Crippen LogP contribution in [-0.2, 0) is 4.43 Å². The van der Waals surface area contributed by atoms with Gasteiger partial charge in [-0.05, 0) is 0 Å². The maximum Gasteiger partial charge on any atom is 0.0863 e. The zero-order valence-corrected chi connectivity index (χ0v) is 6.02. The van der Waals surface area contributed by atoms with Gasteiger partial charge in [-0.1, -0.05) is 0 Å². The molecule has 0 atom stereocenters. The van der Waals surface area contributed by atoms with Crippen molar-refractivity contribution in [3.8, 4) is 0 Å². The fourth-order valence-electron chi connectivity index (χ4n) is 0.336. The number of hydrogen-bond donors (Lipinski definition) is 2. The Labute approximate surface area is 58.4 Å². The topological polar surface area (TPSA) is 119 Å². The lowest BCUT2D eigenvalue weighted by molar-refractivity contribution is -0.544. The first-order valence-corrected chi connectivity index (χ1v) is 4.13. The maximum absolute atomic E-state index is 9.82. The van der Waals surface area contributed by atoms with E-state index in [0.717, 1.165) is 0 Å². The third-order valence-electron chi connectivity index (χ3n) is 0.718. The van der Waals surface area contributed by atoms with E-state index in [9.17, 15) is 14.4 Å². The summed E-state index contributed by atoms with van der Waals surface area (Å²) in [6.45, 7) is -1.39. The largest absolute Gasteiger partial charge is 0.861 e. The summed E-state index contributed by atoms with van der Waals surface area (Å²) in [5.74, 6) is 0. The van der Waals surface area contributed by atoms with E-state index >= 15 is 0 Å². The minimum Gasteiger partial charge on any atom is -0.861 e. The van der Waals surface area contributed by atoms with Gasteiger partial charge in [-0.25, -0.2) is 0 Å². The van der Waals surface area contributed by atoms with E-state index in [1.54, 1.807) is 0 Å². The molecule has 0 aliphatic carbocycles. The first-order valence-electron chi connectivity index (χ1n) is 2.50. The van der Waals surface area contributed by atoms with Gasteiger partial charge in [-0.15, -0.1) is 9.05 Å². The average molecular weight is 167 g/mol. The summed E-state index contributed by atoms with van der Waals surface area (Å²) in [4.78, 5) is 29.4. The van der Waals surface area contributed by atoms with Gasteiger partial charge in [0.1, 0.15) is 0 Å². The van der Waals surface area contributed by atoms with Gasteiger partial charge in [0, 0.05) is 0 Å². The molecule has 0 saturated heterocycles. The van der Waals surface area contributed by atoms with E-state index in [4.69, 9.17) is 10.2 Å². The SMILES string of the molecule is [O-][Si]([O-])([O-])OC(CO)CO. The van der Waals surface area contributed by atoms with Crippen molar-refractivity contribution in [3.05, 3.63) is 0 Å². The van der Waals surface area contributed by atoms with Crippen LogP contribution in [0.4, 0.5) is 0 Å². The molecule has 0 aromatic carbocycles. The monoisotopic (exact) mass is 167 g/mol. The highest BCUT2D eigenvalue weighted by atomic mass is 28.4. The molecule has 7 heteroatoms. The van der Waals surface area contributed by atoms with Crippen LogP contribution < -0.4 is 14.4 Å². The lowest BCUT2D eigenvalue weighted by atomic mass is 10.4. The average Bonchev–Trinajstić information content (AvgIpc) is 1.81. The van der Waals surface area contributed by atoms with Gasteiger partial charge >= 0.3 is 0 Å². The van der Waals surface area contributed by atoms with Crippen molar-refractivity contribution >= 4 is 9.05 Å². The Morgan fingerprint density at radius 2 is 1.60 bits per heavy atom. The molecule has 0 bridgehead atoms. The summed E-state index contributed by atoms with van der Waals surface area (Å²) in [6, 6.07) is 0. The van der Waals surface area contributed by atoms with E-state index < -0.39 is 28.4 Å². The van der Waals surface area contributed by atoms with Crippen LogP contribution in [0.25, 0.3) is 0 Å². The zero-order chi connectivity index (χ0) is 8.20. The highest BCUT2D eigenvalue weighted by Crippen LogP contribution is 1.89. The molecule has 0 amide bonds. The first-order chi connectivity index (χ1) is 4.49. The van der Waals surface area contributed by atoms with Crippen LogP contribution in [0.1, 0.15) is 0 Å². The smallest absolute Gasteiger partial charge is 0.0863 e. The summed E-state index contributed by atoms with van der Waals surface area (Å²) in [7, 11) is -5.33. The van der Waals surface area contributed by atoms with Crippen molar-refractivity contribution in [1.29, 1.82) is 0 Å². The molecule has 0 aliphatic heterocycles. The molecule has 0 aromatic rings. The highest BCUT2D eigenvalue weighted by molar-refractivity contribution is 6.42. The van der Waals surface area contributed by atoms with Crippen LogP contribution >= 0.6 is 0 Å². The van der Waals surface area contributed by atoms with Crippen LogP contribution in [0.2, 0.25) is 0 Å². The summed E-state index contributed by atoms with van der Waals surface area (Å²) in [5, 5.41) is 16.4. The molecule has 0 aliphatic rings. The maximum atomic E-state index is 9.82. The third-order valence-corrected chi connectivity index (χ3v) is 1.34. The second-order valence-corrected chi connectivity index (χ2v) is 2.84. The van der Waals surface area contributed by atoms with Crippen LogP contribution in [0.5, 0.6) is 0 Å². The summed E-state index contributed by atoms with van der Waals surface area (Å²) >= 11 is 0. The molecule has 0 fully saturated rings. The molecule has 0 radical (unpaired) electrons. The molecule has 0 spiro atoms. The fourth-order valence-corrected chi connectivity index (χ4v) is 0.894. The number of aliphatic hydroxyl groups is 2.